The van der Waals surface area contributed by atoms with Crippen molar-refractivity contribution in [2.45, 2.75) is 69.0 Å². The van der Waals surface area contributed by atoms with E-state index >= 15 is 0 Å². The van der Waals surface area contributed by atoms with Crippen LogP contribution in [-0.2, 0) is 14.2 Å². The number of aliphatic hydroxyl groups excluding tert-OH is 6. The minimum atomic E-state index is -1.55. The molecule has 0 aromatic carbocycles. The van der Waals surface area contributed by atoms with Crippen molar-refractivity contribution in [2.75, 3.05) is 13.2 Å². The van der Waals surface area contributed by atoms with Gasteiger partial charge in [0.05, 0.1) is 25.4 Å². The van der Waals surface area contributed by atoms with Gasteiger partial charge >= 0.3 is 0 Å². The first kappa shape index (κ1) is 19.0. The number of hydrogen-bond acceptors (Lipinski definition) is 9. The lowest BCUT2D eigenvalue weighted by Crippen LogP contribution is -2.62. The summed E-state index contributed by atoms with van der Waals surface area (Å²) >= 11 is 0. The number of hydrogen-bond donors (Lipinski definition) is 6. The Kier molecular flexibility index (Phi) is 6.34. The van der Waals surface area contributed by atoms with E-state index in [1.807, 2.05) is 0 Å². The standard InChI is InChI=1S/C14H26O9/c1-5-6(2)21-8(4-16)10(18)13(5)23-14-12(20)11(19)9(17)7(3-15)22-14/h5-20H,3-4H2,1-2H3/t5?,6-,7?,8?,9+,10+,11+,12?,13-,14+/m1/s1. The second kappa shape index (κ2) is 7.68. The molecule has 2 fully saturated rings. The summed E-state index contributed by atoms with van der Waals surface area (Å²) in [6, 6.07) is 0. The lowest BCUT2D eigenvalue weighted by Gasteiger charge is -2.46. The summed E-state index contributed by atoms with van der Waals surface area (Å²) in [4.78, 5) is 0. The van der Waals surface area contributed by atoms with Gasteiger partial charge in [-0.2, -0.15) is 0 Å². The van der Waals surface area contributed by atoms with Gasteiger partial charge in [0.1, 0.15) is 36.6 Å². The van der Waals surface area contributed by atoms with Crippen LogP contribution in [0.15, 0.2) is 0 Å². The molecule has 23 heavy (non-hydrogen) atoms. The fourth-order valence-electron chi connectivity index (χ4n) is 2.96. The highest BCUT2D eigenvalue weighted by molar-refractivity contribution is 4.93. The highest BCUT2D eigenvalue weighted by Gasteiger charge is 2.48. The third-order valence-electron chi connectivity index (χ3n) is 4.69. The Labute approximate surface area is 134 Å². The third kappa shape index (κ3) is 3.68. The molecule has 0 saturated carbocycles. The highest BCUT2D eigenvalue weighted by atomic mass is 16.7. The first-order valence-electron chi connectivity index (χ1n) is 7.72. The molecule has 2 aliphatic rings. The van der Waals surface area contributed by atoms with E-state index in [4.69, 9.17) is 14.2 Å². The molecule has 4 unspecified atom stereocenters. The van der Waals surface area contributed by atoms with Gasteiger partial charge in [-0.3, -0.25) is 0 Å². The lowest BCUT2D eigenvalue weighted by atomic mass is 9.88. The molecular formula is C14H26O9. The van der Waals surface area contributed by atoms with Crippen molar-refractivity contribution in [3.8, 4) is 0 Å². The molecule has 0 radical (unpaired) electrons. The number of ether oxygens (including phenoxy) is 3. The maximum absolute atomic E-state index is 10.3. The molecule has 0 spiro atoms. The molecule has 2 aliphatic heterocycles. The largest absolute Gasteiger partial charge is 0.394 e. The van der Waals surface area contributed by atoms with E-state index in [0.717, 1.165) is 0 Å². The summed E-state index contributed by atoms with van der Waals surface area (Å²) in [7, 11) is 0. The summed E-state index contributed by atoms with van der Waals surface area (Å²) in [6.45, 7) is 2.58. The van der Waals surface area contributed by atoms with Crippen molar-refractivity contribution in [3.63, 3.8) is 0 Å². The van der Waals surface area contributed by atoms with Crippen LogP contribution in [0.25, 0.3) is 0 Å². The minimum Gasteiger partial charge on any atom is -0.394 e. The zero-order valence-corrected chi connectivity index (χ0v) is 13.1. The molecule has 136 valence electrons. The maximum Gasteiger partial charge on any atom is 0.187 e. The summed E-state index contributed by atoms with van der Waals surface area (Å²) in [5, 5.41) is 58.3. The van der Waals surface area contributed by atoms with Gasteiger partial charge in [0.15, 0.2) is 6.29 Å². The minimum absolute atomic E-state index is 0.278. The van der Waals surface area contributed by atoms with Crippen LogP contribution in [0.1, 0.15) is 13.8 Å². The van der Waals surface area contributed by atoms with Crippen LogP contribution in [0.4, 0.5) is 0 Å². The molecule has 0 amide bonds. The topological polar surface area (TPSA) is 149 Å². The summed E-state index contributed by atoms with van der Waals surface area (Å²) in [5.74, 6) is -0.278. The molecule has 2 rings (SSSR count). The molecule has 2 heterocycles. The van der Waals surface area contributed by atoms with E-state index in [-0.39, 0.29) is 12.0 Å². The van der Waals surface area contributed by atoms with E-state index < -0.39 is 62.2 Å². The molecular weight excluding hydrogens is 312 g/mol. The van der Waals surface area contributed by atoms with Gasteiger partial charge in [-0.25, -0.2) is 0 Å². The smallest absolute Gasteiger partial charge is 0.187 e. The number of rotatable bonds is 4. The van der Waals surface area contributed by atoms with Crippen LogP contribution in [0.5, 0.6) is 0 Å². The summed E-state index contributed by atoms with van der Waals surface area (Å²) < 4.78 is 16.4. The van der Waals surface area contributed by atoms with Gasteiger partial charge in [-0.15, -0.1) is 0 Å². The second-order valence-corrected chi connectivity index (χ2v) is 6.21. The molecule has 0 bridgehead atoms. The lowest BCUT2D eigenvalue weighted by molar-refractivity contribution is -0.335. The van der Waals surface area contributed by atoms with Gasteiger partial charge in [0.25, 0.3) is 0 Å². The van der Waals surface area contributed by atoms with Crippen molar-refractivity contribution in [3.05, 3.63) is 0 Å². The molecule has 2 saturated heterocycles. The fourth-order valence-corrected chi connectivity index (χ4v) is 2.96. The maximum atomic E-state index is 10.3. The Morgan fingerprint density at radius 2 is 1.35 bits per heavy atom. The Hall–Kier alpha value is -0.360. The van der Waals surface area contributed by atoms with Crippen LogP contribution in [-0.4, -0.2) is 99.0 Å². The normalized spacial score (nSPS) is 51.7. The Morgan fingerprint density at radius 1 is 0.783 bits per heavy atom. The van der Waals surface area contributed by atoms with Gasteiger partial charge in [-0.1, -0.05) is 6.92 Å². The molecule has 0 aliphatic carbocycles. The SMILES string of the molecule is CC1[C@@H](O[C@@H]2OC(CO)[C@H](O)[C@H](O)C2O)[C@@H](O)C(CO)O[C@@H]1C. The molecule has 9 nitrogen and oxygen atoms in total. The van der Waals surface area contributed by atoms with Crippen molar-refractivity contribution >= 4 is 0 Å². The van der Waals surface area contributed by atoms with E-state index in [0.29, 0.717) is 0 Å². The molecule has 0 aromatic rings. The molecule has 6 N–H and O–H groups in total. The average Bonchev–Trinajstić information content (AvgIpc) is 2.54. The Balaban J connectivity index is 2.11. The Bertz CT molecular complexity index is 379. The summed E-state index contributed by atoms with van der Waals surface area (Å²) in [6.07, 6.45) is -10.1. The third-order valence-corrected chi connectivity index (χ3v) is 4.69. The zero-order valence-electron chi connectivity index (χ0n) is 13.1. The first-order chi connectivity index (χ1) is 10.8. The van der Waals surface area contributed by atoms with Crippen LogP contribution in [0.3, 0.4) is 0 Å². The second-order valence-electron chi connectivity index (χ2n) is 6.21. The number of aliphatic hydroxyl groups is 6. The van der Waals surface area contributed by atoms with Gasteiger partial charge in [0.2, 0.25) is 0 Å². The van der Waals surface area contributed by atoms with E-state index in [2.05, 4.69) is 0 Å². The molecule has 10 atom stereocenters. The van der Waals surface area contributed by atoms with Gasteiger partial charge in [0, 0.05) is 5.92 Å². The first-order valence-corrected chi connectivity index (χ1v) is 7.72. The van der Waals surface area contributed by atoms with E-state index in [9.17, 15) is 30.6 Å². The summed E-state index contributed by atoms with van der Waals surface area (Å²) in [5.41, 5.74) is 0. The van der Waals surface area contributed by atoms with Crippen molar-refractivity contribution in [1.82, 2.24) is 0 Å². The van der Waals surface area contributed by atoms with Gasteiger partial charge < -0.3 is 44.8 Å². The Morgan fingerprint density at radius 3 is 1.91 bits per heavy atom. The average molecular weight is 338 g/mol. The van der Waals surface area contributed by atoms with Crippen LogP contribution >= 0.6 is 0 Å². The molecule has 9 heteroatoms. The van der Waals surface area contributed by atoms with Gasteiger partial charge in [-0.05, 0) is 6.92 Å². The fraction of sp³-hybridized carbons (Fsp3) is 1.00. The quantitative estimate of drug-likeness (QED) is 0.314. The van der Waals surface area contributed by atoms with Crippen molar-refractivity contribution < 1.29 is 44.8 Å². The molecule has 0 aromatic heterocycles. The highest BCUT2D eigenvalue weighted by Crippen LogP contribution is 2.31. The van der Waals surface area contributed by atoms with Crippen LogP contribution in [0.2, 0.25) is 0 Å². The van der Waals surface area contributed by atoms with Crippen LogP contribution < -0.4 is 0 Å². The van der Waals surface area contributed by atoms with Crippen molar-refractivity contribution in [2.24, 2.45) is 5.92 Å². The van der Waals surface area contributed by atoms with Crippen LogP contribution in [0, 0.1) is 5.92 Å². The van der Waals surface area contributed by atoms with E-state index in [1.54, 1.807) is 13.8 Å². The van der Waals surface area contributed by atoms with E-state index in [1.165, 1.54) is 0 Å². The predicted octanol–water partition coefficient (Wildman–Crippen LogP) is -3.05. The predicted molar refractivity (Wildman–Crippen MR) is 75.2 cm³/mol. The van der Waals surface area contributed by atoms with Crippen molar-refractivity contribution in [1.29, 1.82) is 0 Å². The zero-order chi connectivity index (χ0) is 17.3. The monoisotopic (exact) mass is 338 g/mol.